The van der Waals surface area contributed by atoms with Gasteiger partial charge in [-0.3, -0.25) is 0 Å². The van der Waals surface area contributed by atoms with Crippen molar-refractivity contribution >= 4 is 191 Å². The molecule has 1 heterocycles. The van der Waals surface area contributed by atoms with Crippen LogP contribution in [0.15, 0.2) is 29.2 Å². The molecule has 1 aliphatic rings. The van der Waals surface area contributed by atoms with Crippen molar-refractivity contribution in [2.75, 3.05) is 0 Å². The lowest BCUT2D eigenvalue weighted by molar-refractivity contribution is 0.177. The van der Waals surface area contributed by atoms with Crippen LogP contribution < -0.4 is 0 Å². The molecule has 0 saturated heterocycles. The smallest absolute Gasteiger partial charge is 0.300 e. The molecule has 3 aromatic carbocycles. The minimum absolute atomic E-state index is 0.0655. The number of fused-ring (bicyclic) bond motifs is 1. The highest BCUT2D eigenvalue weighted by Gasteiger charge is 2.56. The summed E-state index contributed by atoms with van der Waals surface area (Å²) >= 11 is 17.1. The Labute approximate surface area is 299 Å². The van der Waals surface area contributed by atoms with Crippen LogP contribution in [-0.4, -0.2) is 18.6 Å². The first kappa shape index (κ1) is 29.0. The van der Waals surface area contributed by atoms with E-state index in [1.165, 1.54) is 12.1 Å². The van der Waals surface area contributed by atoms with E-state index in [4.69, 9.17) is 4.18 Å². The zero-order valence-electron chi connectivity index (χ0n) is 15.4. The molecular weight excluding hydrogens is 1360 g/mol. The Balaban J connectivity index is 2.33. The van der Waals surface area contributed by atoms with Crippen LogP contribution >= 0.6 is 181 Å². The van der Waals surface area contributed by atoms with E-state index in [-0.39, 0.29) is 16.4 Å². The monoisotopic (exact) mass is 1360 g/mol. The van der Waals surface area contributed by atoms with Gasteiger partial charge in [-0.15, -0.1) is 0 Å². The van der Waals surface area contributed by atoms with E-state index >= 15 is 0 Å². The number of benzene rings is 3. The van der Waals surface area contributed by atoms with Gasteiger partial charge in [0.15, 0.2) is 5.60 Å². The molecule has 1 atom stereocenters. The molecule has 14 heteroatoms. The maximum Gasteiger partial charge on any atom is 0.300 e. The fourth-order valence-electron chi connectivity index (χ4n) is 3.54. The largest absolute Gasteiger partial charge is 0.508 e. The SMILES string of the molecule is O=S1(=O)OC(c2ccc(O)cc2)(c2c(I)c(I)c(O)c(I)c2I)c2c(I)c(I)c(I)c(I)c21. The Morgan fingerprint density at radius 2 is 1.09 bits per heavy atom. The van der Waals surface area contributed by atoms with Gasteiger partial charge in [-0.05, 0) is 198 Å². The third-order valence-electron chi connectivity index (χ3n) is 4.93. The third kappa shape index (κ3) is 4.61. The Hall–Kier alpha value is 3.01. The summed E-state index contributed by atoms with van der Waals surface area (Å²) in [4.78, 5) is 0.162. The van der Waals surface area contributed by atoms with Gasteiger partial charge in [0.25, 0.3) is 10.1 Å². The summed E-state index contributed by atoms with van der Waals surface area (Å²) in [7, 11) is -4.14. The average molecular weight is 1360 g/mol. The van der Waals surface area contributed by atoms with Crippen LogP contribution in [0.25, 0.3) is 0 Å². The molecule has 174 valence electrons. The van der Waals surface area contributed by atoms with Crippen molar-refractivity contribution in [1.29, 1.82) is 0 Å². The van der Waals surface area contributed by atoms with Crippen molar-refractivity contribution in [3.63, 3.8) is 0 Å². The summed E-state index contributed by atoms with van der Waals surface area (Å²) in [6.45, 7) is 0. The highest BCUT2D eigenvalue weighted by atomic mass is 127. The second-order valence-corrected chi connectivity index (χ2v) is 16.8. The van der Waals surface area contributed by atoms with Crippen LogP contribution in [-0.2, 0) is 19.9 Å². The van der Waals surface area contributed by atoms with Gasteiger partial charge >= 0.3 is 0 Å². The maximum atomic E-state index is 13.6. The first-order valence-electron chi connectivity index (χ1n) is 8.44. The first-order chi connectivity index (χ1) is 15.3. The molecule has 0 radical (unpaired) electrons. The summed E-state index contributed by atoms with van der Waals surface area (Å²) in [5.74, 6) is 0.216. The highest BCUT2D eigenvalue weighted by Crippen LogP contribution is 2.57. The Morgan fingerprint density at radius 1 is 0.636 bits per heavy atom. The van der Waals surface area contributed by atoms with Gasteiger partial charge in [-0.2, -0.15) is 8.42 Å². The topological polar surface area (TPSA) is 83.8 Å². The summed E-state index contributed by atoms with van der Waals surface area (Å²) in [6.07, 6.45) is 0. The van der Waals surface area contributed by atoms with Crippen molar-refractivity contribution in [3.05, 3.63) is 69.5 Å². The fraction of sp³-hybridized carbons (Fsp3) is 0.0526. The molecule has 4 rings (SSSR count). The number of hydrogen-bond donors (Lipinski definition) is 2. The Morgan fingerprint density at radius 3 is 1.61 bits per heavy atom. The van der Waals surface area contributed by atoms with E-state index in [1.807, 2.05) is 0 Å². The molecule has 3 aromatic rings. The zero-order valence-corrected chi connectivity index (χ0v) is 33.4. The van der Waals surface area contributed by atoms with Gasteiger partial charge in [0.1, 0.15) is 16.4 Å². The molecule has 0 bridgehead atoms. The van der Waals surface area contributed by atoms with Gasteiger partial charge in [-0.1, -0.05) is 12.1 Å². The number of halogens is 8. The van der Waals surface area contributed by atoms with Crippen LogP contribution in [0.3, 0.4) is 0 Å². The summed E-state index contributed by atoms with van der Waals surface area (Å²) in [6, 6.07) is 6.42. The zero-order chi connectivity index (χ0) is 24.6. The van der Waals surface area contributed by atoms with Crippen molar-refractivity contribution in [3.8, 4) is 11.5 Å². The number of rotatable bonds is 2. The number of phenols is 2. The van der Waals surface area contributed by atoms with E-state index in [1.54, 1.807) is 12.1 Å². The summed E-state index contributed by atoms with van der Waals surface area (Å²) < 4.78 is 39.3. The van der Waals surface area contributed by atoms with Gasteiger partial charge < -0.3 is 10.2 Å². The molecule has 0 amide bonds. The highest BCUT2D eigenvalue weighted by molar-refractivity contribution is 14.1. The molecule has 5 nitrogen and oxygen atoms in total. The molecule has 33 heavy (non-hydrogen) atoms. The quantitative estimate of drug-likeness (QED) is 0.118. The predicted molar refractivity (Wildman–Crippen MR) is 193 cm³/mol. The van der Waals surface area contributed by atoms with Gasteiger partial charge in [-0.25, -0.2) is 4.18 Å². The van der Waals surface area contributed by atoms with Crippen LogP contribution in [0.1, 0.15) is 16.7 Å². The lowest BCUT2D eigenvalue weighted by atomic mass is 9.80. The average Bonchev–Trinajstić information content (AvgIpc) is 3.02. The van der Waals surface area contributed by atoms with Gasteiger partial charge in [0.05, 0.1) is 7.14 Å². The normalized spacial score (nSPS) is 19.0. The molecule has 0 spiro atoms. The van der Waals surface area contributed by atoms with Crippen LogP contribution in [0.4, 0.5) is 0 Å². The van der Waals surface area contributed by atoms with Crippen molar-refractivity contribution < 1.29 is 22.8 Å². The minimum atomic E-state index is -4.14. The lowest BCUT2D eigenvalue weighted by Gasteiger charge is -2.33. The summed E-state index contributed by atoms with van der Waals surface area (Å²) in [5, 5.41) is 20.6. The Kier molecular flexibility index (Phi) is 9.26. The third-order valence-corrected chi connectivity index (χ3v) is 20.4. The van der Waals surface area contributed by atoms with Crippen molar-refractivity contribution in [1.82, 2.24) is 0 Å². The second-order valence-electron chi connectivity index (χ2n) is 6.71. The van der Waals surface area contributed by atoms with Crippen LogP contribution in [0.2, 0.25) is 0 Å². The van der Waals surface area contributed by atoms with Crippen molar-refractivity contribution in [2.45, 2.75) is 10.5 Å². The van der Waals surface area contributed by atoms with E-state index in [2.05, 4.69) is 181 Å². The number of phenolic OH excluding ortho intramolecular Hbond substituents is 2. The standard InChI is InChI=1S/C19H6I8O5S/c20-9-7(10(21)15(26)17(29)14(9)25)19(5-1-3-6(28)4-2-5)8-11(22)12(23)13(24)16(27)18(8)33(30,31)32-19/h1-4,28-29H. The van der Waals surface area contributed by atoms with Crippen molar-refractivity contribution in [2.24, 2.45) is 0 Å². The van der Waals surface area contributed by atoms with Crippen LogP contribution in [0, 0.1) is 28.6 Å². The molecule has 0 aliphatic carbocycles. The summed E-state index contributed by atoms with van der Waals surface area (Å²) in [5.41, 5.74) is 0.273. The van der Waals surface area contributed by atoms with Gasteiger partial charge in [0.2, 0.25) is 0 Å². The number of hydrogen-bond acceptors (Lipinski definition) is 5. The maximum absolute atomic E-state index is 13.6. The van der Waals surface area contributed by atoms with E-state index in [0.29, 0.717) is 34.5 Å². The number of aromatic hydroxyl groups is 2. The molecule has 1 aliphatic heterocycles. The first-order valence-corrected chi connectivity index (χ1v) is 18.5. The Bertz CT molecular complexity index is 1430. The molecule has 0 aromatic heterocycles. The van der Waals surface area contributed by atoms with E-state index < -0.39 is 15.7 Å². The lowest BCUT2D eigenvalue weighted by Crippen LogP contribution is -2.33. The van der Waals surface area contributed by atoms with Crippen LogP contribution in [0.5, 0.6) is 11.5 Å². The minimum Gasteiger partial charge on any atom is -0.508 e. The fourth-order valence-corrected chi connectivity index (χ4v) is 13.7. The van der Waals surface area contributed by atoms with E-state index in [0.717, 1.165) is 10.7 Å². The van der Waals surface area contributed by atoms with E-state index in [9.17, 15) is 18.6 Å². The predicted octanol–water partition coefficient (Wildman–Crippen LogP) is 7.95. The molecular formula is C19H6I8O5S. The second kappa shape index (κ2) is 10.5. The molecule has 1 unspecified atom stereocenters. The molecule has 2 N–H and O–H groups in total. The molecule has 0 saturated carbocycles. The van der Waals surface area contributed by atoms with Gasteiger partial charge in [0, 0.05) is 32.5 Å². The molecule has 0 fully saturated rings.